The number of anilines is 1. The van der Waals surface area contributed by atoms with Gasteiger partial charge in [-0.15, -0.1) is 0 Å². The molecule has 2 aliphatic rings. The molecule has 1 aromatic carbocycles. The summed E-state index contributed by atoms with van der Waals surface area (Å²) >= 11 is 6.69. The maximum atomic E-state index is 13.1. The van der Waals surface area contributed by atoms with E-state index in [1.165, 1.54) is 0 Å². The zero-order chi connectivity index (χ0) is 15.2. The molecule has 116 valence electrons. The lowest BCUT2D eigenvalue weighted by molar-refractivity contribution is 0.202. The van der Waals surface area contributed by atoms with Crippen molar-refractivity contribution in [1.82, 2.24) is 4.31 Å². The first kappa shape index (κ1) is 15.8. The van der Waals surface area contributed by atoms with E-state index >= 15 is 0 Å². The fourth-order valence-corrected chi connectivity index (χ4v) is 7.45. The van der Waals surface area contributed by atoms with Crippen molar-refractivity contribution < 1.29 is 8.42 Å². The van der Waals surface area contributed by atoms with Crippen LogP contribution in [0.25, 0.3) is 0 Å². The van der Waals surface area contributed by atoms with Crippen molar-refractivity contribution in [3.05, 3.63) is 21.1 Å². The lowest BCUT2D eigenvalue weighted by Crippen LogP contribution is -2.46. The van der Waals surface area contributed by atoms with Gasteiger partial charge in [-0.25, -0.2) is 8.42 Å². The summed E-state index contributed by atoms with van der Waals surface area (Å²) in [5.41, 5.74) is 6.27. The lowest BCUT2D eigenvalue weighted by atomic mass is 9.94. The SMILES string of the molecule is Nc1cc(Br)cc(Br)c1S(=O)(=O)N1CCCC2CCCC21. The summed E-state index contributed by atoms with van der Waals surface area (Å²) in [5.74, 6) is 0.518. The van der Waals surface area contributed by atoms with Crippen LogP contribution in [0.3, 0.4) is 0 Å². The van der Waals surface area contributed by atoms with Gasteiger partial charge in [0.25, 0.3) is 0 Å². The monoisotopic (exact) mass is 436 g/mol. The molecule has 0 bridgehead atoms. The Kier molecular flexibility index (Phi) is 4.38. The maximum Gasteiger partial charge on any atom is 0.246 e. The summed E-state index contributed by atoms with van der Waals surface area (Å²) < 4.78 is 29.1. The molecule has 1 aromatic rings. The van der Waals surface area contributed by atoms with Gasteiger partial charge in [0.05, 0.1) is 5.69 Å². The molecule has 0 radical (unpaired) electrons. The van der Waals surface area contributed by atoms with Gasteiger partial charge in [0, 0.05) is 21.5 Å². The van der Waals surface area contributed by atoms with Crippen molar-refractivity contribution in [3.63, 3.8) is 0 Å². The number of nitrogens with zero attached hydrogens (tertiary/aromatic N) is 1. The molecule has 1 aliphatic carbocycles. The molecule has 0 aromatic heterocycles. The highest BCUT2D eigenvalue weighted by Crippen LogP contribution is 2.42. The van der Waals surface area contributed by atoms with Gasteiger partial charge in [-0.2, -0.15) is 4.31 Å². The van der Waals surface area contributed by atoms with Crippen LogP contribution in [-0.4, -0.2) is 25.3 Å². The summed E-state index contributed by atoms with van der Waals surface area (Å²) in [4.78, 5) is 0.207. The highest BCUT2D eigenvalue weighted by atomic mass is 79.9. The van der Waals surface area contributed by atoms with Crippen molar-refractivity contribution >= 4 is 47.6 Å². The molecule has 1 saturated carbocycles. The molecule has 4 nitrogen and oxygen atoms in total. The van der Waals surface area contributed by atoms with Gasteiger partial charge in [0.2, 0.25) is 10.0 Å². The van der Waals surface area contributed by atoms with E-state index in [0.717, 1.165) is 36.6 Å². The zero-order valence-corrected chi connectivity index (χ0v) is 15.5. The fraction of sp³-hybridized carbons (Fsp3) is 0.571. The van der Waals surface area contributed by atoms with Crippen molar-refractivity contribution in [2.75, 3.05) is 12.3 Å². The summed E-state index contributed by atoms with van der Waals surface area (Å²) in [5, 5.41) is 0. The minimum atomic E-state index is -3.55. The van der Waals surface area contributed by atoms with Crippen molar-refractivity contribution in [2.45, 2.75) is 43.0 Å². The van der Waals surface area contributed by atoms with E-state index in [0.29, 0.717) is 16.9 Å². The Morgan fingerprint density at radius 2 is 1.86 bits per heavy atom. The van der Waals surface area contributed by atoms with Crippen LogP contribution < -0.4 is 5.73 Å². The first-order valence-corrected chi connectivity index (χ1v) is 10.2. The van der Waals surface area contributed by atoms with Crippen LogP contribution in [0.1, 0.15) is 32.1 Å². The second-order valence-electron chi connectivity index (χ2n) is 5.82. The average molecular weight is 438 g/mol. The van der Waals surface area contributed by atoms with Crippen molar-refractivity contribution in [3.8, 4) is 0 Å². The van der Waals surface area contributed by atoms with Gasteiger partial charge >= 0.3 is 0 Å². The molecule has 2 fully saturated rings. The van der Waals surface area contributed by atoms with E-state index in [4.69, 9.17) is 5.73 Å². The molecular weight excluding hydrogens is 420 g/mol. The second kappa shape index (κ2) is 5.83. The third-order valence-electron chi connectivity index (χ3n) is 4.55. The molecule has 2 unspecified atom stereocenters. The molecule has 1 heterocycles. The molecule has 2 atom stereocenters. The summed E-state index contributed by atoms with van der Waals surface area (Å²) in [6, 6.07) is 3.53. The Morgan fingerprint density at radius 3 is 2.57 bits per heavy atom. The number of piperidine rings is 1. The number of hydrogen-bond acceptors (Lipinski definition) is 3. The van der Waals surface area contributed by atoms with Gasteiger partial charge in [0.1, 0.15) is 4.90 Å². The predicted octanol–water partition coefficient (Wildman–Crippen LogP) is 3.75. The van der Waals surface area contributed by atoms with Crippen LogP contribution in [0, 0.1) is 5.92 Å². The number of benzene rings is 1. The third kappa shape index (κ3) is 2.78. The number of nitrogens with two attached hydrogens (primary N) is 1. The number of nitrogen functional groups attached to an aromatic ring is 1. The fourth-order valence-electron chi connectivity index (χ4n) is 3.68. The minimum Gasteiger partial charge on any atom is -0.398 e. The molecule has 0 spiro atoms. The molecule has 3 rings (SSSR count). The number of halogens is 2. The van der Waals surface area contributed by atoms with Gasteiger partial charge in [-0.1, -0.05) is 22.4 Å². The molecule has 2 N–H and O–H groups in total. The molecule has 1 aliphatic heterocycles. The van der Waals surface area contributed by atoms with E-state index < -0.39 is 10.0 Å². The smallest absolute Gasteiger partial charge is 0.246 e. The lowest BCUT2D eigenvalue weighted by Gasteiger charge is -2.37. The van der Waals surface area contributed by atoms with Gasteiger partial charge < -0.3 is 5.73 Å². The van der Waals surface area contributed by atoms with E-state index in [1.807, 2.05) is 0 Å². The molecular formula is C14H18Br2N2O2S. The van der Waals surface area contributed by atoms with Gasteiger partial charge in [-0.05, 0) is 59.7 Å². The number of sulfonamides is 1. The summed E-state index contributed by atoms with van der Waals surface area (Å²) in [6.07, 6.45) is 5.33. The summed E-state index contributed by atoms with van der Waals surface area (Å²) in [6.45, 7) is 0.603. The Hall–Kier alpha value is -0.110. The molecule has 1 saturated heterocycles. The van der Waals surface area contributed by atoms with E-state index in [9.17, 15) is 8.42 Å². The normalized spacial score (nSPS) is 26.8. The van der Waals surface area contributed by atoms with Gasteiger partial charge in [-0.3, -0.25) is 0 Å². The van der Waals surface area contributed by atoms with Crippen LogP contribution in [0.2, 0.25) is 0 Å². The Labute approximate surface area is 142 Å². The Balaban J connectivity index is 2.04. The molecule has 0 amide bonds. The molecule has 7 heteroatoms. The average Bonchev–Trinajstić information content (AvgIpc) is 2.84. The highest BCUT2D eigenvalue weighted by Gasteiger charge is 2.42. The van der Waals surface area contributed by atoms with Crippen LogP contribution in [-0.2, 0) is 10.0 Å². The van der Waals surface area contributed by atoms with Crippen LogP contribution >= 0.6 is 31.9 Å². The Bertz CT molecular complexity index is 640. The van der Waals surface area contributed by atoms with E-state index in [2.05, 4.69) is 31.9 Å². The largest absolute Gasteiger partial charge is 0.398 e. The summed E-state index contributed by atoms with van der Waals surface area (Å²) in [7, 11) is -3.55. The number of rotatable bonds is 2. The van der Waals surface area contributed by atoms with E-state index in [1.54, 1.807) is 16.4 Å². The van der Waals surface area contributed by atoms with Gasteiger partial charge in [0.15, 0.2) is 0 Å². The molecule has 21 heavy (non-hydrogen) atoms. The van der Waals surface area contributed by atoms with Crippen LogP contribution in [0.15, 0.2) is 26.0 Å². The highest BCUT2D eigenvalue weighted by molar-refractivity contribution is 9.11. The maximum absolute atomic E-state index is 13.1. The number of fused-ring (bicyclic) bond motifs is 1. The standard InChI is InChI=1S/C14H18Br2N2O2S/c15-10-7-11(16)14(12(17)8-10)21(19,20)18-6-2-4-9-3-1-5-13(9)18/h7-9,13H,1-6,17H2. The van der Waals surface area contributed by atoms with Crippen LogP contribution in [0.5, 0.6) is 0 Å². The number of hydrogen-bond donors (Lipinski definition) is 1. The Morgan fingerprint density at radius 1 is 1.14 bits per heavy atom. The first-order chi connectivity index (χ1) is 9.91. The topological polar surface area (TPSA) is 63.4 Å². The van der Waals surface area contributed by atoms with Crippen molar-refractivity contribution in [1.29, 1.82) is 0 Å². The first-order valence-electron chi connectivity index (χ1n) is 7.17. The van der Waals surface area contributed by atoms with Crippen LogP contribution in [0.4, 0.5) is 5.69 Å². The second-order valence-corrected chi connectivity index (χ2v) is 9.42. The quantitative estimate of drug-likeness (QED) is 0.716. The zero-order valence-electron chi connectivity index (χ0n) is 11.6. The predicted molar refractivity (Wildman–Crippen MR) is 90.5 cm³/mol. The minimum absolute atomic E-state index is 0.152. The van der Waals surface area contributed by atoms with Crippen molar-refractivity contribution in [2.24, 2.45) is 5.92 Å². The van der Waals surface area contributed by atoms with E-state index in [-0.39, 0.29) is 16.6 Å². The third-order valence-corrected chi connectivity index (χ3v) is 7.93.